The zero-order valence-electron chi connectivity index (χ0n) is 14.0. The number of carbonyl (C=O) groups is 1. The lowest BCUT2D eigenvalue weighted by Gasteiger charge is -2.09. The first-order chi connectivity index (χ1) is 12.3. The second-order valence-corrected chi connectivity index (χ2v) is 8.52. The summed E-state index contributed by atoms with van der Waals surface area (Å²) in [6, 6.07) is 4.44. The van der Waals surface area contributed by atoms with Crippen LogP contribution in [0.25, 0.3) is 0 Å². The Morgan fingerprint density at radius 3 is 2.77 bits per heavy atom. The Bertz CT molecular complexity index is 891. The predicted molar refractivity (Wildman–Crippen MR) is 95.4 cm³/mol. The van der Waals surface area contributed by atoms with Gasteiger partial charge in [0.2, 0.25) is 0 Å². The number of nitrogens with zero attached hydrogens (tertiary/aromatic N) is 1. The summed E-state index contributed by atoms with van der Waals surface area (Å²) in [7, 11) is -3.91. The van der Waals surface area contributed by atoms with Gasteiger partial charge in [-0.2, -0.15) is 0 Å². The van der Waals surface area contributed by atoms with Crippen LogP contribution in [-0.4, -0.2) is 38.6 Å². The Hall–Kier alpha value is -2.04. The van der Waals surface area contributed by atoms with Crippen molar-refractivity contribution in [1.82, 2.24) is 10.3 Å². The number of halogens is 1. The first-order valence-electron chi connectivity index (χ1n) is 8.01. The van der Waals surface area contributed by atoms with E-state index in [-0.39, 0.29) is 22.0 Å². The largest absolute Gasteiger partial charge is 0.376 e. The van der Waals surface area contributed by atoms with E-state index in [0.717, 1.165) is 48.4 Å². The first-order valence-corrected chi connectivity index (χ1v) is 10.3. The van der Waals surface area contributed by atoms with Crippen molar-refractivity contribution in [2.75, 3.05) is 17.9 Å². The Morgan fingerprint density at radius 2 is 2.12 bits per heavy atom. The van der Waals surface area contributed by atoms with Crippen LogP contribution in [-0.2, 0) is 14.8 Å². The molecule has 0 bridgehead atoms. The van der Waals surface area contributed by atoms with Gasteiger partial charge in [-0.3, -0.25) is 9.52 Å². The van der Waals surface area contributed by atoms with Gasteiger partial charge in [0, 0.05) is 13.2 Å². The molecule has 0 radical (unpaired) electrons. The molecule has 0 aliphatic carbocycles. The molecule has 0 spiro atoms. The van der Waals surface area contributed by atoms with Gasteiger partial charge >= 0.3 is 0 Å². The minimum absolute atomic E-state index is 0.0172. The number of aryl methyl sites for hydroxylation is 1. The molecule has 1 aliphatic rings. The van der Waals surface area contributed by atoms with Crippen LogP contribution >= 0.6 is 11.3 Å². The lowest BCUT2D eigenvalue weighted by molar-refractivity contribution is 0.0860. The number of benzene rings is 1. The van der Waals surface area contributed by atoms with Gasteiger partial charge in [0.25, 0.3) is 15.9 Å². The molecule has 1 aromatic heterocycles. The molecular formula is C16H18FN3O4S2. The van der Waals surface area contributed by atoms with Gasteiger partial charge in [-0.05, 0) is 44.0 Å². The molecule has 1 aliphatic heterocycles. The lowest BCUT2D eigenvalue weighted by atomic mass is 10.2. The highest BCUT2D eigenvalue weighted by molar-refractivity contribution is 7.93. The molecular weight excluding hydrogens is 381 g/mol. The molecule has 10 heteroatoms. The Morgan fingerprint density at radius 1 is 1.38 bits per heavy atom. The standard InChI is InChI=1S/C16H18FN3O4S2/c1-10-14(15(21)18-9-12-3-2-8-24-12)25-16(19-10)20-26(22,23)13-6-4-11(17)5-7-13/h4-7,12H,2-3,8-9H2,1H3,(H,18,21)(H,19,20). The third-order valence-corrected chi connectivity index (χ3v) is 6.42. The molecule has 140 valence electrons. The van der Waals surface area contributed by atoms with Crippen molar-refractivity contribution in [2.24, 2.45) is 0 Å². The minimum atomic E-state index is -3.91. The van der Waals surface area contributed by atoms with E-state index in [0.29, 0.717) is 23.7 Å². The number of thiazole rings is 1. The summed E-state index contributed by atoms with van der Waals surface area (Å²) >= 11 is 0.946. The third-order valence-electron chi connectivity index (χ3n) is 3.86. The van der Waals surface area contributed by atoms with Gasteiger partial charge in [0.1, 0.15) is 10.7 Å². The third kappa shape index (κ3) is 4.37. The Kier molecular flexibility index (Phi) is 5.54. The molecule has 1 atom stereocenters. The van der Waals surface area contributed by atoms with E-state index in [1.165, 1.54) is 0 Å². The lowest BCUT2D eigenvalue weighted by Crippen LogP contribution is -2.31. The summed E-state index contributed by atoms with van der Waals surface area (Å²) in [6.45, 7) is 2.75. The van der Waals surface area contributed by atoms with Gasteiger partial charge in [-0.15, -0.1) is 0 Å². The van der Waals surface area contributed by atoms with Crippen molar-refractivity contribution < 1.29 is 22.3 Å². The highest BCUT2D eigenvalue weighted by Crippen LogP contribution is 2.25. The number of aromatic nitrogens is 1. The topological polar surface area (TPSA) is 97.4 Å². The number of sulfonamides is 1. The van der Waals surface area contributed by atoms with E-state index < -0.39 is 15.8 Å². The number of rotatable bonds is 6. The van der Waals surface area contributed by atoms with Crippen LogP contribution in [0.3, 0.4) is 0 Å². The van der Waals surface area contributed by atoms with Gasteiger partial charge in [0.15, 0.2) is 5.13 Å². The predicted octanol–water partition coefficient (Wildman–Crippen LogP) is 2.30. The van der Waals surface area contributed by atoms with Gasteiger partial charge in [0.05, 0.1) is 16.7 Å². The highest BCUT2D eigenvalue weighted by Gasteiger charge is 2.22. The molecule has 2 N–H and O–H groups in total. The molecule has 0 saturated carbocycles. The molecule has 1 fully saturated rings. The van der Waals surface area contributed by atoms with E-state index in [4.69, 9.17) is 4.74 Å². The summed E-state index contributed by atoms with van der Waals surface area (Å²) in [6.07, 6.45) is 1.91. The van der Waals surface area contributed by atoms with Crippen molar-refractivity contribution in [3.05, 3.63) is 40.7 Å². The number of nitrogens with one attached hydrogen (secondary N) is 2. The molecule has 1 unspecified atom stereocenters. The molecule has 3 rings (SSSR count). The molecule has 1 saturated heterocycles. The van der Waals surface area contributed by atoms with Crippen molar-refractivity contribution >= 4 is 32.4 Å². The Labute approximate surface area is 154 Å². The second-order valence-electron chi connectivity index (χ2n) is 5.84. The number of anilines is 1. The average molecular weight is 399 g/mol. The molecule has 1 amide bonds. The van der Waals surface area contributed by atoms with Crippen LogP contribution in [0, 0.1) is 12.7 Å². The van der Waals surface area contributed by atoms with Crippen molar-refractivity contribution in [3.63, 3.8) is 0 Å². The molecule has 2 aromatic rings. The van der Waals surface area contributed by atoms with Gasteiger partial charge < -0.3 is 10.1 Å². The number of ether oxygens (including phenoxy) is 1. The van der Waals surface area contributed by atoms with Gasteiger partial charge in [-0.25, -0.2) is 17.8 Å². The highest BCUT2D eigenvalue weighted by atomic mass is 32.2. The monoisotopic (exact) mass is 399 g/mol. The fourth-order valence-electron chi connectivity index (χ4n) is 2.53. The van der Waals surface area contributed by atoms with Crippen LogP contribution in [0.1, 0.15) is 28.2 Å². The summed E-state index contributed by atoms with van der Waals surface area (Å²) < 4.78 is 45.4. The quantitative estimate of drug-likeness (QED) is 0.777. The number of hydrogen-bond donors (Lipinski definition) is 2. The molecule has 1 aromatic carbocycles. The van der Waals surface area contributed by atoms with E-state index in [1.807, 2.05) is 0 Å². The van der Waals surface area contributed by atoms with Crippen molar-refractivity contribution in [1.29, 1.82) is 0 Å². The van der Waals surface area contributed by atoms with Crippen LogP contribution in [0.5, 0.6) is 0 Å². The van der Waals surface area contributed by atoms with Crippen LogP contribution in [0.2, 0.25) is 0 Å². The summed E-state index contributed by atoms with van der Waals surface area (Å²) in [5.41, 5.74) is 0.427. The van der Waals surface area contributed by atoms with E-state index in [1.54, 1.807) is 6.92 Å². The summed E-state index contributed by atoms with van der Waals surface area (Å²) in [5.74, 6) is -0.845. The molecule has 7 nitrogen and oxygen atoms in total. The van der Waals surface area contributed by atoms with Crippen LogP contribution in [0.4, 0.5) is 9.52 Å². The minimum Gasteiger partial charge on any atom is -0.376 e. The number of carbonyl (C=O) groups excluding carboxylic acids is 1. The second kappa shape index (κ2) is 7.68. The molecule has 26 heavy (non-hydrogen) atoms. The van der Waals surface area contributed by atoms with Crippen LogP contribution < -0.4 is 10.0 Å². The normalized spacial score (nSPS) is 17.2. The summed E-state index contributed by atoms with van der Waals surface area (Å²) in [5, 5.41) is 2.86. The van der Waals surface area contributed by atoms with Gasteiger partial charge in [-0.1, -0.05) is 11.3 Å². The molecule has 2 heterocycles. The van der Waals surface area contributed by atoms with Crippen LogP contribution in [0.15, 0.2) is 29.2 Å². The fourth-order valence-corrected chi connectivity index (χ4v) is 4.65. The maximum absolute atomic E-state index is 13.0. The average Bonchev–Trinajstić information content (AvgIpc) is 3.22. The van der Waals surface area contributed by atoms with Crippen molar-refractivity contribution in [2.45, 2.75) is 30.8 Å². The van der Waals surface area contributed by atoms with E-state index in [2.05, 4.69) is 15.0 Å². The Balaban J connectivity index is 1.69. The van der Waals surface area contributed by atoms with E-state index >= 15 is 0 Å². The van der Waals surface area contributed by atoms with E-state index in [9.17, 15) is 17.6 Å². The number of hydrogen-bond acceptors (Lipinski definition) is 6. The zero-order chi connectivity index (χ0) is 18.7. The number of amides is 1. The first kappa shape index (κ1) is 18.7. The maximum Gasteiger partial charge on any atom is 0.263 e. The summed E-state index contributed by atoms with van der Waals surface area (Å²) in [4.78, 5) is 16.6. The maximum atomic E-state index is 13.0. The smallest absolute Gasteiger partial charge is 0.263 e. The zero-order valence-corrected chi connectivity index (χ0v) is 15.6. The SMILES string of the molecule is Cc1nc(NS(=O)(=O)c2ccc(F)cc2)sc1C(=O)NCC1CCCO1. The fraction of sp³-hybridized carbons (Fsp3) is 0.375. The van der Waals surface area contributed by atoms with Crippen molar-refractivity contribution in [3.8, 4) is 0 Å².